The van der Waals surface area contributed by atoms with Crippen LogP contribution in [0.4, 0.5) is 0 Å². The minimum atomic E-state index is -2.07. The fraction of sp³-hybridized carbons (Fsp3) is 0. The van der Waals surface area contributed by atoms with Crippen LogP contribution in [0.3, 0.4) is 0 Å². The van der Waals surface area contributed by atoms with Crippen molar-refractivity contribution in [3.05, 3.63) is 32.0 Å². The molecule has 44 valence electrons. The summed E-state index contributed by atoms with van der Waals surface area (Å²) in [6.45, 7) is 11.2. The fourth-order valence-electron chi connectivity index (χ4n) is 0.250. The molecule has 0 saturated carbocycles. The molecule has 0 bridgehead atoms. The number of rotatable bonds is 3. The summed E-state index contributed by atoms with van der Waals surface area (Å²) in [6.07, 6.45) is 0. The van der Waals surface area contributed by atoms with E-state index in [2.05, 4.69) is 38.4 Å². The summed E-state index contributed by atoms with van der Waals surface area (Å²) in [5, 5.41) is 0. The molecule has 0 saturated heterocycles. The molecule has 0 aromatic carbocycles. The van der Waals surface area contributed by atoms with E-state index in [1.807, 2.05) is 12.3 Å². The standard InChI is InChI=1S/3C2H3.HI.Sn/c3*1-2;;/h3*1H,2H2;1H;/q;;;;+1/p-1. The molecule has 0 aromatic heterocycles. The predicted octanol–water partition coefficient (Wildman–Crippen LogP) is 2.54. The Morgan fingerprint density at radius 2 is 1.25 bits per heavy atom. The summed E-state index contributed by atoms with van der Waals surface area (Å²) < 4.78 is 6.03. The average molecular weight is 327 g/mol. The van der Waals surface area contributed by atoms with Crippen LogP contribution in [-0.2, 0) is 0 Å². The Balaban J connectivity index is 4.18. The zero-order valence-electron chi connectivity index (χ0n) is 4.73. The van der Waals surface area contributed by atoms with Gasteiger partial charge in [-0.3, -0.25) is 0 Å². The Kier molecular flexibility index (Phi) is 4.06. The molecule has 0 aliphatic carbocycles. The molecule has 0 nitrogen and oxygen atoms in total. The Morgan fingerprint density at radius 3 is 1.25 bits per heavy atom. The molecule has 0 aliphatic rings. The van der Waals surface area contributed by atoms with Gasteiger partial charge in [-0.1, -0.05) is 0 Å². The van der Waals surface area contributed by atoms with E-state index in [1.54, 1.807) is 0 Å². The molecule has 0 rings (SSSR count). The molecule has 0 fully saturated rings. The zero-order chi connectivity index (χ0) is 6.62. The molecule has 0 N–H and O–H groups in total. The van der Waals surface area contributed by atoms with E-state index in [1.165, 1.54) is 0 Å². The maximum absolute atomic E-state index is 3.72. The second-order valence-electron chi connectivity index (χ2n) is 1.44. The summed E-state index contributed by atoms with van der Waals surface area (Å²) in [5.74, 6) is 0. The number of hydrogen-bond donors (Lipinski definition) is 0. The first kappa shape index (κ1) is 8.75. The van der Waals surface area contributed by atoms with E-state index in [4.69, 9.17) is 0 Å². The third-order valence-corrected chi connectivity index (χ3v) is 15.2. The van der Waals surface area contributed by atoms with Crippen molar-refractivity contribution in [1.82, 2.24) is 0 Å². The van der Waals surface area contributed by atoms with Crippen LogP contribution in [0.2, 0.25) is 0 Å². The van der Waals surface area contributed by atoms with Crippen LogP contribution < -0.4 is 0 Å². The van der Waals surface area contributed by atoms with Crippen LogP contribution in [-0.4, -0.2) is 14.4 Å². The van der Waals surface area contributed by atoms with Crippen molar-refractivity contribution in [3.8, 4) is 0 Å². The second kappa shape index (κ2) is 3.71. The second-order valence-corrected chi connectivity index (χ2v) is 22.2. The van der Waals surface area contributed by atoms with E-state index in [0.717, 1.165) is 0 Å². The maximum atomic E-state index is 3.72. The monoisotopic (exact) mass is 328 g/mol. The van der Waals surface area contributed by atoms with E-state index in [0.29, 0.717) is 0 Å². The van der Waals surface area contributed by atoms with Crippen LogP contribution >= 0.6 is 18.6 Å². The molecule has 0 amide bonds. The Hall–Kier alpha value is 0.749. The normalized spacial score (nSPS) is 10.1. The van der Waals surface area contributed by atoms with Crippen molar-refractivity contribution < 1.29 is 0 Å². The van der Waals surface area contributed by atoms with Gasteiger partial charge in [-0.15, -0.1) is 0 Å². The van der Waals surface area contributed by atoms with E-state index in [9.17, 15) is 0 Å². The van der Waals surface area contributed by atoms with Crippen LogP contribution in [0.25, 0.3) is 0 Å². The summed E-state index contributed by atoms with van der Waals surface area (Å²) in [7, 11) is 0. The fourth-order valence-corrected chi connectivity index (χ4v) is 1.68. The summed E-state index contributed by atoms with van der Waals surface area (Å²) in [6, 6.07) is 0. The van der Waals surface area contributed by atoms with Gasteiger partial charge in [0.1, 0.15) is 0 Å². The van der Waals surface area contributed by atoms with E-state index in [-0.39, 0.29) is 0 Å². The van der Waals surface area contributed by atoms with Crippen LogP contribution in [0.15, 0.2) is 32.0 Å². The summed E-state index contributed by atoms with van der Waals surface area (Å²) >= 11 is 0.349. The van der Waals surface area contributed by atoms with Crippen LogP contribution in [0.1, 0.15) is 0 Å². The summed E-state index contributed by atoms with van der Waals surface area (Å²) in [5.41, 5.74) is 0. The molecule has 0 spiro atoms. The molecule has 0 unspecified atom stereocenters. The van der Waals surface area contributed by atoms with Crippen molar-refractivity contribution in [1.29, 1.82) is 0 Å². The topological polar surface area (TPSA) is 0 Å². The Bertz CT molecular complexity index is 95.9. The van der Waals surface area contributed by atoms with Crippen molar-refractivity contribution in [3.63, 3.8) is 0 Å². The van der Waals surface area contributed by atoms with Crippen LogP contribution in [0, 0.1) is 0 Å². The quantitative estimate of drug-likeness (QED) is 0.552. The number of hydrogen-bond acceptors (Lipinski definition) is 0. The van der Waals surface area contributed by atoms with Crippen molar-refractivity contribution >= 4 is 33.0 Å². The summed E-state index contributed by atoms with van der Waals surface area (Å²) in [4.78, 5) is 0. The van der Waals surface area contributed by atoms with Gasteiger partial charge >= 0.3 is 65.1 Å². The van der Waals surface area contributed by atoms with Gasteiger partial charge in [-0.2, -0.15) is 0 Å². The molecule has 2 heteroatoms. The molecular weight excluding hydrogens is 318 g/mol. The first-order valence-electron chi connectivity index (χ1n) is 2.28. The first-order chi connectivity index (χ1) is 3.68. The van der Waals surface area contributed by atoms with E-state index >= 15 is 0 Å². The Morgan fingerprint density at radius 1 is 1.00 bits per heavy atom. The molecule has 0 atom stereocenters. The predicted molar refractivity (Wildman–Crippen MR) is 50.4 cm³/mol. The minimum absolute atomic E-state index is 2.01. The third kappa shape index (κ3) is 2.35. The van der Waals surface area contributed by atoms with Gasteiger partial charge in [-0.05, 0) is 0 Å². The van der Waals surface area contributed by atoms with Crippen LogP contribution in [0.5, 0.6) is 0 Å². The molecule has 8 heavy (non-hydrogen) atoms. The van der Waals surface area contributed by atoms with Gasteiger partial charge in [0.2, 0.25) is 0 Å². The first-order valence-corrected chi connectivity index (χ1v) is 15.5. The van der Waals surface area contributed by atoms with Gasteiger partial charge in [-0.25, -0.2) is 0 Å². The molecule has 0 heterocycles. The molecule has 0 aliphatic heterocycles. The molecule has 0 radical (unpaired) electrons. The number of halogens is 1. The van der Waals surface area contributed by atoms with E-state index < -0.39 is 14.4 Å². The van der Waals surface area contributed by atoms with Gasteiger partial charge in [0, 0.05) is 0 Å². The van der Waals surface area contributed by atoms with Crippen molar-refractivity contribution in [2.75, 3.05) is 0 Å². The third-order valence-electron chi connectivity index (χ3n) is 0.939. The average Bonchev–Trinajstić information content (AvgIpc) is 1.87. The molecular formula is C6H9ISn. The SMILES string of the molecule is C=[CH][Sn]([I])([CH]=C)[CH]=C. The zero-order valence-corrected chi connectivity index (χ0v) is 9.74. The van der Waals surface area contributed by atoms with Gasteiger partial charge < -0.3 is 0 Å². The van der Waals surface area contributed by atoms with Crippen molar-refractivity contribution in [2.45, 2.75) is 0 Å². The Labute approximate surface area is 64.4 Å². The molecule has 0 aromatic rings. The van der Waals surface area contributed by atoms with Gasteiger partial charge in [0.15, 0.2) is 0 Å². The van der Waals surface area contributed by atoms with Crippen molar-refractivity contribution in [2.24, 2.45) is 0 Å². The van der Waals surface area contributed by atoms with Gasteiger partial charge in [0.05, 0.1) is 0 Å². The van der Waals surface area contributed by atoms with Gasteiger partial charge in [0.25, 0.3) is 0 Å².